The average molecular weight is 614 g/mol. The molecule has 0 aliphatic carbocycles. The summed E-state index contributed by atoms with van der Waals surface area (Å²) in [4.78, 5) is 43.6. The van der Waals surface area contributed by atoms with E-state index in [2.05, 4.69) is 20.2 Å². The Labute approximate surface area is 260 Å². The van der Waals surface area contributed by atoms with Gasteiger partial charge in [-0.1, -0.05) is 6.07 Å². The Bertz CT molecular complexity index is 1630. The molecule has 2 amide bonds. The van der Waals surface area contributed by atoms with Crippen LogP contribution in [0.4, 0.5) is 10.6 Å². The number of nitrogens with one attached hydrogen (secondary N) is 1. The van der Waals surface area contributed by atoms with Crippen molar-refractivity contribution >= 4 is 17.8 Å². The molecule has 0 bridgehead atoms. The number of rotatable bonds is 9. The Kier molecular flexibility index (Phi) is 8.94. The number of fused-ring (bicyclic) bond motifs is 1. The molecular weight excluding hydrogens is 578 g/mol. The number of piperazine rings is 1. The van der Waals surface area contributed by atoms with Gasteiger partial charge in [0.05, 0.1) is 13.2 Å². The number of ether oxygens (including phenoxy) is 4. The van der Waals surface area contributed by atoms with Gasteiger partial charge in [0.1, 0.15) is 36.9 Å². The molecule has 1 saturated heterocycles. The van der Waals surface area contributed by atoms with Gasteiger partial charge in [-0.15, -0.1) is 0 Å². The lowest BCUT2D eigenvalue weighted by atomic mass is 10.1. The maximum absolute atomic E-state index is 13.3. The summed E-state index contributed by atoms with van der Waals surface area (Å²) in [6.45, 7) is 4.52. The smallest absolute Gasteiger partial charge is 0.415 e. The number of aryl methyl sites for hydroxylation is 1. The van der Waals surface area contributed by atoms with E-state index in [1.807, 2.05) is 31.2 Å². The van der Waals surface area contributed by atoms with Crippen molar-refractivity contribution in [2.75, 3.05) is 51.4 Å². The van der Waals surface area contributed by atoms with Crippen LogP contribution in [0.3, 0.4) is 0 Å². The second kappa shape index (κ2) is 13.5. The summed E-state index contributed by atoms with van der Waals surface area (Å²) in [5, 5.41) is 3.04. The molecule has 2 aliphatic rings. The van der Waals surface area contributed by atoms with Gasteiger partial charge >= 0.3 is 6.09 Å². The van der Waals surface area contributed by atoms with Crippen molar-refractivity contribution in [1.82, 2.24) is 29.7 Å². The lowest BCUT2D eigenvalue weighted by Gasteiger charge is -2.41. The molecule has 2 aromatic heterocycles. The molecule has 0 spiro atoms. The number of anilines is 1. The molecule has 4 heterocycles. The molecule has 13 heteroatoms. The SMILES string of the molecule is COc1ccc(OC(=O)N2CCN(c3cc(C)nc(-n4ccnc4)n3)C(CC(=O)NCCc3ccc4c(c3)OCCO4)C2)cc1. The molecule has 45 heavy (non-hydrogen) atoms. The van der Waals surface area contributed by atoms with Crippen LogP contribution in [0, 0.1) is 6.92 Å². The average Bonchev–Trinajstić information content (AvgIpc) is 3.60. The van der Waals surface area contributed by atoms with E-state index in [-0.39, 0.29) is 24.9 Å². The highest BCUT2D eigenvalue weighted by Crippen LogP contribution is 2.31. The van der Waals surface area contributed by atoms with Crippen molar-refractivity contribution < 1.29 is 28.5 Å². The number of carbonyl (C=O) groups excluding carboxylic acids is 2. The van der Waals surface area contributed by atoms with E-state index in [4.69, 9.17) is 23.9 Å². The van der Waals surface area contributed by atoms with Gasteiger partial charge in [0, 0.05) is 56.8 Å². The van der Waals surface area contributed by atoms with Gasteiger partial charge in [-0.3, -0.25) is 9.36 Å². The quantitative estimate of drug-likeness (QED) is 0.300. The molecule has 2 aliphatic heterocycles. The van der Waals surface area contributed by atoms with Crippen LogP contribution in [0.15, 0.2) is 67.3 Å². The minimum Gasteiger partial charge on any atom is -0.497 e. The normalized spacial score (nSPS) is 15.8. The Morgan fingerprint density at radius 1 is 1.00 bits per heavy atom. The first-order chi connectivity index (χ1) is 21.9. The van der Waals surface area contributed by atoms with Gasteiger partial charge < -0.3 is 34.1 Å². The summed E-state index contributed by atoms with van der Waals surface area (Å²) in [7, 11) is 1.58. The summed E-state index contributed by atoms with van der Waals surface area (Å²) >= 11 is 0. The molecule has 1 unspecified atom stereocenters. The van der Waals surface area contributed by atoms with Crippen LogP contribution in [-0.4, -0.2) is 89.0 Å². The topological polar surface area (TPSA) is 133 Å². The molecule has 1 atom stereocenters. The van der Waals surface area contributed by atoms with E-state index < -0.39 is 6.09 Å². The highest BCUT2D eigenvalue weighted by molar-refractivity contribution is 5.78. The van der Waals surface area contributed by atoms with Gasteiger partial charge in [-0.05, 0) is 55.3 Å². The Balaban J connectivity index is 1.15. The van der Waals surface area contributed by atoms with E-state index in [1.165, 1.54) is 0 Å². The fourth-order valence-corrected chi connectivity index (χ4v) is 5.36. The number of carbonyl (C=O) groups is 2. The van der Waals surface area contributed by atoms with E-state index in [0.717, 1.165) is 22.8 Å². The lowest BCUT2D eigenvalue weighted by molar-refractivity contribution is -0.121. The first-order valence-corrected chi connectivity index (χ1v) is 14.8. The van der Waals surface area contributed by atoms with Crippen LogP contribution in [0.25, 0.3) is 5.95 Å². The van der Waals surface area contributed by atoms with Crippen LogP contribution in [-0.2, 0) is 11.2 Å². The number of nitrogens with zero attached hydrogens (tertiary/aromatic N) is 6. The summed E-state index contributed by atoms with van der Waals surface area (Å²) in [6.07, 6.45) is 5.38. The molecule has 6 rings (SSSR count). The van der Waals surface area contributed by atoms with Crippen molar-refractivity contribution in [3.8, 4) is 28.9 Å². The van der Waals surface area contributed by atoms with Crippen LogP contribution >= 0.6 is 0 Å². The summed E-state index contributed by atoms with van der Waals surface area (Å²) < 4.78 is 23.9. The van der Waals surface area contributed by atoms with Gasteiger partial charge in [0.2, 0.25) is 11.9 Å². The summed E-state index contributed by atoms with van der Waals surface area (Å²) in [6, 6.07) is 14.2. The van der Waals surface area contributed by atoms with Gasteiger partial charge in [-0.2, -0.15) is 4.98 Å². The monoisotopic (exact) mass is 613 g/mol. The number of aromatic nitrogens is 4. The highest BCUT2D eigenvalue weighted by atomic mass is 16.6. The maximum atomic E-state index is 13.3. The molecule has 2 aromatic carbocycles. The Morgan fingerprint density at radius 2 is 1.80 bits per heavy atom. The largest absolute Gasteiger partial charge is 0.497 e. The number of hydrogen-bond acceptors (Lipinski definition) is 10. The van der Waals surface area contributed by atoms with Crippen LogP contribution in [0.1, 0.15) is 17.7 Å². The molecule has 4 aromatic rings. The van der Waals surface area contributed by atoms with E-state index in [1.54, 1.807) is 59.6 Å². The zero-order valence-electron chi connectivity index (χ0n) is 25.2. The number of methoxy groups -OCH3 is 1. The van der Waals surface area contributed by atoms with Crippen molar-refractivity contribution in [2.45, 2.75) is 25.8 Å². The second-order valence-electron chi connectivity index (χ2n) is 10.8. The minimum absolute atomic E-state index is 0.131. The second-order valence-corrected chi connectivity index (χ2v) is 10.8. The zero-order chi connectivity index (χ0) is 31.2. The first kappa shape index (κ1) is 29.7. The molecule has 234 valence electrons. The number of hydrogen-bond donors (Lipinski definition) is 1. The van der Waals surface area contributed by atoms with E-state index in [9.17, 15) is 9.59 Å². The lowest BCUT2D eigenvalue weighted by Crippen LogP contribution is -2.57. The van der Waals surface area contributed by atoms with Crippen molar-refractivity contribution in [2.24, 2.45) is 0 Å². The summed E-state index contributed by atoms with van der Waals surface area (Å²) in [5.74, 6) is 3.55. The number of benzene rings is 2. The highest BCUT2D eigenvalue weighted by Gasteiger charge is 2.33. The third-order valence-corrected chi connectivity index (χ3v) is 7.63. The predicted molar refractivity (Wildman–Crippen MR) is 164 cm³/mol. The van der Waals surface area contributed by atoms with Crippen molar-refractivity contribution in [3.05, 3.63) is 78.5 Å². The van der Waals surface area contributed by atoms with Gasteiger partial charge in [0.15, 0.2) is 11.5 Å². The molecule has 1 fully saturated rings. The van der Waals surface area contributed by atoms with Crippen LogP contribution < -0.4 is 29.2 Å². The minimum atomic E-state index is -0.484. The maximum Gasteiger partial charge on any atom is 0.415 e. The van der Waals surface area contributed by atoms with E-state index >= 15 is 0 Å². The van der Waals surface area contributed by atoms with Crippen LogP contribution in [0.5, 0.6) is 23.0 Å². The first-order valence-electron chi connectivity index (χ1n) is 14.8. The zero-order valence-corrected chi connectivity index (χ0v) is 25.2. The van der Waals surface area contributed by atoms with Crippen LogP contribution in [0.2, 0.25) is 0 Å². The van der Waals surface area contributed by atoms with Gasteiger partial charge in [-0.25, -0.2) is 14.8 Å². The van der Waals surface area contributed by atoms with E-state index in [0.29, 0.717) is 62.5 Å². The molecule has 13 nitrogen and oxygen atoms in total. The Morgan fingerprint density at radius 3 is 2.58 bits per heavy atom. The fourth-order valence-electron chi connectivity index (χ4n) is 5.36. The van der Waals surface area contributed by atoms with Gasteiger partial charge in [0.25, 0.3) is 0 Å². The summed E-state index contributed by atoms with van der Waals surface area (Å²) in [5.41, 5.74) is 1.81. The van der Waals surface area contributed by atoms with Crippen molar-refractivity contribution in [1.29, 1.82) is 0 Å². The number of amides is 2. The predicted octanol–water partition coefficient (Wildman–Crippen LogP) is 3.19. The molecule has 0 radical (unpaired) electrons. The third-order valence-electron chi connectivity index (χ3n) is 7.63. The third kappa shape index (κ3) is 7.25. The fraction of sp³-hybridized carbons (Fsp3) is 0.344. The molecular formula is C32H35N7O6. The molecule has 0 saturated carbocycles. The standard InChI is InChI=1S/C32H35N7O6/c1-22-17-29(36-31(35-22)38-12-11-33-21-38)39-14-13-37(32(41)45-26-6-4-25(42-2)5-7-26)20-24(39)19-30(40)34-10-9-23-3-8-27-28(18-23)44-16-15-43-27/h3-8,11-12,17-18,21,24H,9-10,13-16,19-20H2,1-2H3,(H,34,40). The number of imidazole rings is 1. The Hall–Kier alpha value is -5.33. The molecule has 1 N–H and O–H groups in total. The van der Waals surface area contributed by atoms with Crippen molar-refractivity contribution in [3.63, 3.8) is 0 Å².